The molecule has 2 aromatic carbocycles. The van der Waals surface area contributed by atoms with Crippen LogP contribution in [0.4, 0.5) is 11.5 Å². The largest absolute Gasteiger partial charge is 0.449 e. The number of fused-ring (bicyclic) bond motifs is 1. The third-order valence-corrected chi connectivity index (χ3v) is 6.64. The molecular weight excluding hydrogens is 496 g/mol. The van der Waals surface area contributed by atoms with Crippen LogP contribution in [0.25, 0.3) is 6.08 Å². The molecule has 0 saturated carbocycles. The average Bonchev–Trinajstić information content (AvgIpc) is 2.88. The van der Waals surface area contributed by atoms with Gasteiger partial charge in [-0.25, -0.2) is 4.98 Å². The molecule has 7 nitrogen and oxygen atoms in total. The summed E-state index contributed by atoms with van der Waals surface area (Å²) in [5.74, 6) is 1.21. The first-order valence-corrected chi connectivity index (χ1v) is 11.9. The summed E-state index contributed by atoms with van der Waals surface area (Å²) in [7, 11) is 0. The second-order valence-electron chi connectivity index (χ2n) is 8.05. The van der Waals surface area contributed by atoms with Crippen LogP contribution in [0, 0.1) is 0 Å². The number of carbonyl (C=O) groups is 2. The molecular formula is C26H23BrN4O3. The number of nitrogens with zero attached hydrogens (tertiary/aromatic N) is 4. The van der Waals surface area contributed by atoms with Crippen molar-refractivity contribution in [1.29, 1.82) is 0 Å². The van der Waals surface area contributed by atoms with E-state index in [4.69, 9.17) is 4.74 Å². The van der Waals surface area contributed by atoms with Gasteiger partial charge >= 0.3 is 0 Å². The average molecular weight is 519 g/mol. The molecule has 34 heavy (non-hydrogen) atoms. The van der Waals surface area contributed by atoms with Gasteiger partial charge in [0.05, 0.1) is 5.69 Å². The van der Waals surface area contributed by atoms with Crippen molar-refractivity contribution in [2.24, 2.45) is 0 Å². The second kappa shape index (κ2) is 9.69. The van der Waals surface area contributed by atoms with Crippen molar-refractivity contribution >= 4 is 45.3 Å². The maximum Gasteiger partial charge on any atom is 0.294 e. The van der Waals surface area contributed by atoms with Crippen molar-refractivity contribution in [3.05, 3.63) is 88.7 Å². The third kappa shape index (κ3) is 4.54. The molecule has 172 valence electrons. The number of ether oxygens (including phenoxy) is 1. The molecule has 5 rings (SSSR count). The van der Waals surface area contributed by atoms with Gasteiger partial charge in [-0.05, 0) is 42.0 Å². The minimum Gasteiger partial charge on any atom is -0.449 e. The summed E-state index contributed by atoms with van der Waals surface area (Å²) in [5.41, 5.74) is 1.42. The van der Waals surface area contributed by atoms with Gasteiger partial charge in [-0.2, -0.15) is 0 Å². The van der Waals surface area contributed by atoms with E-state index in [0.29, 0.717) is 37.6 Å². The van der Waals surface area contributed by atoms with Gasteiger partial charge in [0.15, 0.2) is 11.5 Å². The Hall–Kier alpha value is -3.65. The van der Waals surface area contributed by atoms with E-state index in [9.17, 15) is 9.59 Å². The molecule has 0 atom stereocenters. The Kier molecular flexibility index (Phi) is 6.31. The Morgan fingerprint density at radius 1 is 0.971 bits per heavy atom. The van der Waals surface area contributed by atoms with Crippen LogP contribution in [0.3, 0.4) is 0 Å². The van der Waals surface area contributed by atoms with Crippen molar-refractivity contribution in [2.45, 2.75) is 0 Å². The minimum atomic E-state index is -0.338. The van der Waals surface area contributed by atoms with Gasteiger partial charge in [-0.15, -0.1) is 0 Å². The van der Waals surface area contributed by atoms with Gasteiger partial charge in [0.25, 0.3) is 5.91 Å². The quantitative estimate of drug-likeness (QED) is 0.489. The summed E-state index contributed by atoms with van der Waals surface area (Å²) in [4.78, 5) is 36.5. The molecule has 0 spiro atoms. The van der Waals surface area contributed by atoms with Crippen LogP contribution in [0.5, 0.6) is 5.75 Å². The van der Waals surface area contributed by atoms with Crippen molar-refractivity contribution in [3.63, 3.8) is 0 Å². The summed E-state index contributed by atoms with van der Waals surface area (Å²) in [6.45, 7) is 2.51. The predicted octanol–water partition coefficient (Wildman–Crippen LogP) is 3.96. The van der Waals surface area contributed by atoms with Crippen LogP contribution < -0.4 is 14.5 Å². The van der Waals surface area contributed by atoms with Gasteiger partial charge < -0.3 is 14.5 Å². The van der Waals surface area contributed by atoms with Gasteiger partial charge in [-0.3, -0.25) is 14.5 Å². The highest BCUT2D eigenvalue weighted by atomic mass is 79.9. The number of aromatic nitrogens is 1. The van der Waals surface area contributed by atoms with E-state index in [-0.39, 0.29) is 24.1 Å². The Bertz CT molecular complexity index is 1240. The molecule has 2 aliphatic rings. The Morgan fingerprint density at radius 2 is 1.71 bits per heavy atom. The van der Waals surface area contributed by atoms with Gasteiger partial charge in [0, 0.05) is 36.8 Å². The first-order valence-electron chi connectivity index (χ1n) is 11.1. The normalized spacial score (nSPS) is 16.9. The van der Waals surface area contributed by atoms with Gasteiger partial charge in [0.1, 0.15) is 12.4 Å². The number of hydrogen-bond acceptors (Lipinski definition) is 5. The molecule has 0 aliphatic carbocycles. The smallest absolute Gasteiger partial charge is 0.294 e. The summed E-state index contributed by atoms with van der Waals surface area (Å²) in [6, 6.07) is 20.7. The Labute approximate surface area is 206 Å². The topological polar surface area (TPSA) is 66.0 Å². The number of halogens is 1. The zero-order valence-corrected chi connectivity index (χ0v) is 20.0. The monoisotopic (exact) mass is 518 g/mol. The van der Waals surface area contributed by atoms with Crippen molar-refractivity contribution < 1.29 is 14.3 Å². The molecule has 1 fully saturated rings. The van der Waals surface area contributed by atoms with E-state index in [0.717, 1.165) is 15.9 Å². The number of amides is 2. The number of benzene rings is 2. The van der Waals surface area contributed by atoms with Gasteiger partial charge in [-0.1, -0.05) is 52.3 Å². The second-order valence-corrected chi connectivity index (χ2v) is 8.90. The fourth-order valence-electron chi connectivity index (χ4n) is 4.11. The molecule has 0 unspecified atom stereocenters. The summed E-state index contributed by atoms with van der Waals surface area (Å²) in [5, 5.41) is 0. The highest BCUT2D eigenvalue weighted by molar-refractivity contribution is 9.10. The predicted molar refractivity (Wildman–Crippen MR) is 135 cm³/mol. The van der Waals surface area contributed by atoms with Crippen LogP contribution in [0.1, 0.15) is 5.56 Å². The maximum absolute atomic E-state index is 13.4. The molecule has 8 heteroatoms. The lowest BCUT2D eigenvalue weighted by Crippen LogP contribution is -2.52. The number of pyridine rings is 1. The zero-order chi connectivity index (χ0) is 23.5. The molecule has 0 N–H and O–H groups in total. The first kappa shape index (κ1) is 22.2. The summed E-state index contributed by atoms with van der Waals surface area (Å²) >= 11 is 3.51. The molecule has 1 saturated heterocycles. The van der Waals surface area contributed by atoms with Gasteiger partial charge in [0.2, 0.25) is 5.91 Å². The highest BCUT2D eigenvalue weighted by Gasteiger charge is 2.33. The van der Waals surface area contributed by atoms with Crippen LogP contribution in [-0.2, 0) is 9.59 Å². The standard InChI is InChI=1S/C26H23BrN4O3/c27-20-8-2-1-7-19(20)17-23-26(33)31(21-9-3-4-10-22(21)34-23)18-25(32)30-15-13-29(14-16-30)24-11-5-6-12-28-24/h1-12,17H,13-16,18H2. The SMILES string of the molecule is O=C(CN1C(=O)C(=Cc2ccccc2Br)Oc2ccccc21)N1CCN(c2ccccn2)CC1. The highest BCUT2D eigenvalue weighted by Crippen LogP contribution is 2.36. The molecule has 1 aromatic heterocycles. The summed E-state index contributed by atoms with van der Waals surface area (Å²) in [6.07, 6.45) is 3.47. The van der Waals surface area contributed by atoms with E-state index >= 15 is 0 Å². The Morgan fingerprint density at radius 3 is 2.47 bits per heavy atom. The number of piperazine rings is 1. The van der Waals surface area contributed by atoms with Crippen LogP contribution in [0.15, 0.2) is 83.2 Å². The maximum atomic E-state index is 13.4. The molecule has 3 heterocycles. The fraction of sp³-hybridized carbons (Fsp3) is 0.192. The minimum absolute atomic E-state index is 0.0455. The van der Waals surface area contributed by atoms with Crippen LogP contribution >= 0.6 is 15.9 Å². The lowest BCUT2D eigenvalue weighted by molar-refractivity contribution is -0.131. The van der Waals surface area contributed by atoms with Crippen molar-refractivity contribution in [2.75, 3.05) is 42.5 Å². The molecule has 0 bridgehead atoms. The molecule has 0 radical (unpaired) electrons. The van der Waals surface area contributed by atoms with E-state index in [1.165, 1.54) is 4.90 Å². The lowest BCUT2D eigenvalue weighted by atomic mass is 10.1. The van der Waals surface area contributed by atoms with Crippen molar-refractivity contribution in [1.82, 2.24) is 9.88 Å². The van der Waals surface area contributed by atoms with E-state index in [2.05, 4.69) is 25.8 Å². The van der Waals surface area contributed by atoms with Crippen LogP contribution in [0.2, 0.25) is 0 Å². The number of anilines is 2. The fourth-order valence-corrected chi connectivity index (χ4v) is 4.51. The summed E-state index contributed by atoms with van der Waals surface area (Å²) < 4.78 is 6.79. The van der Waals surface area contributed by atoms with E-state index in [1.54, 1.807) is 24.4 Å². The Balaban J connectivity index is 1.33. The van der Waals surface area contributed by atoms with E-state index < -0.39 is 0 Å². The zero-order valence-electron chi connectivity index (χ0n) is 18.4. The third-order valence-electron chi connectivity index (χ3n) is 5.92. The van der Waals surface area contributed by atoms with E-state index in [1.807, 2.05) is 59.5 Å². The van der Waals surface area contributed by atoms with Crippen molar-refractivity contribution in [3.8, 4) is 5.75 Å². The molecule has 3 aromatic rings. The molecule has 2 aliphatic heterocycles. The molecule has 2 amide bonds. The number of rotatable bonds is 4. The first-order chi connectivity index (χ1) is 16.6. The number of para-hydroxylation sites is 2. The number of carbonyl (C=O) groups excluding carboxylic acids is 2. The van der Waals surface area contributed by atoms with Crippen LogP contribution in [-0.4, -0.2) is 54.4 Å². The lowest BCUT2D eigenvalue weighted by Gasteiger charge is -2.37. The number of hydrogen-bond donors (Lipinski definition) is 0.